The molecule has 2 N–H and O–H groups in total. The van der Waals surface area contributed by atoms with Gasteiger partial charge in [0.05, 0.1) is 26.4 Å². The molecule has 0 fully saturated rings. The topological polar surface area (TPSA) is 76.5 Å². The molecule has 1 atom stereocenters. The van der Waals surface area contributed by atoms with E-state index in [0.29, 0.717) is 18.4 Å². The zero-order chi connectivity index (χ0) is 12.0. The Balaban J connectivity index is 2.74. The fourth-order valence-corrected chi connectivity index (χ4v) is 1.23. The zero-order valence-corrected chi connectivity index (χ0v) is 9.73. The molecule has 6 nitrogen and oxygen atoms in total. The number of aliphatic hydroxyl groups excluding tert-OH is 1. The van der Waals surface area contributed by atoms with Crippen LogP contribution >= 0.6 is 0 Å². The largest absolute Gasteiger partial charge is 0.481 e. The molecule has 1 aromatic heterocycles. The van der Waals surface area contributed by atoms with Crippen LogP contribution in [-0.2, 0) is 4.74 Å². The van der Waals surface area contributed by atoms with Crippen molar-refractivity contribution in [3.8, 4) is 5.88 Å². The summed E-state index contributed by atoms with van der Waals surface area (Å²) >= 11 is 0. The van der Waals surface area contributed by atoms with Crippen LogP contribution in [0, 0.1) is 6.92 Å². The van der Waals surface area contributed by atoms with Crippen LogP contribution in [0.3, 0.4) is 0 Å². The normalized spacial score (nSPS) is 12.2. The molecule has 0 spiro atoms. The first kappa shape index (κ1) is 12.7. The van der Waals surface area contributed by atoms with Gasteiger partial charge in [-0.3, -0.25) is 0 Å². The highest BCUT2D eigenvalue weighted by Crippen LogP contribution is 2.11. The lowest BCUT2D eigenvalue weighted by molar-refractivity contribution is 0.153. The second-order valence-electron chi connectivity index (χ2n) is 3.35. The Morgan fingerprint density at radius 2 is 2.19 bits per heavy atom. The number of nitrogens with zero attached hydrogens (tertiary/aromatic N) is 2. The molecule has 0 aromatic carbocycles. The standard InChI is InChI=1S/C10H17N3O3/c1-7-4-9(16-3)13-10(11-7)12-8(5-14)6-15-2/h4,8,14H,5-6H2,1-3H3,(H,11,12,13). The quantitative estimate of drug-likeness (QED) is 0.723. The molecular formula is C10H17N3O3. The van der Waals surface area contributed by atoms with Crippen LogP contribution in [0.5, 0.6) is 5.88 Å². The molecule has 0 saturated heterocycles. The van der Waals surface area contributed by atoms with E-state index in [1.807, 2.05) is 6.92 Å². The van der Waals surface area contributed by atoms with Gasteiger partial charge in [-0.05, 0) is 6.92 Å². The predicted molar refractivity (Wildman–Crippen MR) is 59.7 cm³/mol. The minimum Gasteiger partial charge on any atom is -0.481 e. The van der Waals surface area contributed by atoms with Crippen molar-refractivity contribution in [3.05, 3.63) is 11.8 Å². The lowest BCUT2D eigenvalue weighted by atomic mass is 10.3. The highest BCUT2D eigenvalue weighted by atomic mass is 16.5. The van der Waals surface area contributed by atoms with Gasteiger partial charge in [0.15, 0.2) is 0 Å². The maximum atomic E-state index is 9.08. The lowest BCUT2D eigenvalue weighted by Crippen LogP contribution is -2.29. The molecule has 1 unspecified atom stereocenters. The van der Waals surface area contributed by atoms with Crippen molar-refractivity contribution in [1.29, 1.82) is 0 Å². The number of rotatable bonds is 6. The smallest absolute Gasteiger partial charge is 0.226 e. The van der Waals surface area contributed by atoms with E-state index in [0.717, 1.165) is 5.69 Å². The summed E-state index contributed by atoms with van der Waals surface area (Å²) in [5, 5.41) is 12.1. The molecule has 0 amide bonds. The third kappa shape index (κ3) is 3.63. The fourth-order valence-electron chi connectivity index (χ4n) is 1.23. The van der Waals surface area contributed by atoms with E-state index in [4.69, 9.17) is 14.6 Å². The third-order valence-corrected chi connectivity index (χ3v) is 1.96. The van der Waals surface area contributed by atoms with E-state index in [2.05, 4.69) is 15.3 Å². The molecule has 90 valence electrons. The molecule has 16 heavy (non-hydrogen) atoms. The Labute approximate surface area is 94.6 Å². The van der Waals surface area contributed by atoms with Crippen molar-refractivity contribution in [2.24, 2.45) is 0 Å². The number of aryl methyl sites for hydroxylation is 1. The molecule has 1 heterocycles. The van der Waals surface area contributed by atoms with Gasteiger partial charge in [-0.2, -0.15) is 4.98 Å². The van der Waals surface area contributed by atoms with Crippen LogP contribution in [0.2, 0.25) is 0 Å². The maximum Gasteiger partial charge on any atom is 0.226 e. The van der Waals surface area contributed by atoms with Crippen molar-refractivity contribution in [2.75, 3.05) is 32.8 Å². The summed E-state index contributed by atoms with van der Waals surface area (Å²) in [4.78, 5) is 8.29. The summed E-state index contributed by atoms with van der Waals surface area (Å²) in [7, 11) is 3.12. The molecular weight excluding hydrogens is 210 g/mol. The molecule has 0 aliphatic heterocycles. The number of aliphatic hydroxyl groups is 1. The Morgan fingerprint density at radius 1 is 1.44 bits per heavy atom. The number of methoxy groups -OCH3 is 2. The van der Waals surface area contributed by atoms with Crippen molar-refractivity contribution >= 4 is 5.95 Å². The van der Waals surface area contributed by atoms with Crippen LogP contribution in [0.15, 0.2) is 6.07 Å². The minimum absolute atomic E-state index is 0.0482. The van der Waals surface area contributed by atoms with Crippen LogP contribution in [0.4, 0.5) is 5.95 Å². The van der Waals surface area contributed by atoms with Gasteiger partial charge < -0.3 is 19.9 Å². The fraction of sp³-hybridized carbons (Fsp3) is 0.600. The second kappa shape index (κ2) is 6.24. The first-order valence-corrected chi connectivity index (χ1v) is 4.95. The van der Waals surface area contributed by atoms with Gasteiger partial charge in [-0.1, -0.05) is 0 Å². The Morgan fingerprint density at radius 3 is 2.75 bits per heavy atom. The van der Waals surface area contributed by atoms with E-state index in [1.54, 1.807) is 20.3 Å². The highest BCUT2D eigenvalue weighted by molar-refractivity contribution is 5.31. The SMILES string of the molecule is COCC(CO)Nc1nc(C)cc(OC)n1. The first-order chi connectivity index (χ1) is 7.69. The first-order valence-electron chi connectivity index (χ1n) is 4.95. The van der Waals surface area contributed by atoms with Crippen LogP contribution in [-0.4, -0.2) is 48.5 Å². The number of nitrogens with one attached hydrogen (secondary N) is 1. The molecule has 0 bridgehead atoms. The molecule has 0 aliphatic carbocycles. The van der Waals surface area contributed by atoms with Gasteiger partial charge in [0.1, 0.15) is 0 Å². The zero-order valence-electron chi connectivity index (χ0n) is 9.73. The summed E-state index contributed by atoms with van der Waals surface area (Å²) in [5.74, 6) is 0.914. The van der Waals surface area contributed by atoms with Crippen LogP contribution in [0.1, 0.15) is 5.69 Å². The van der Waals surface area contributed by atoms with Gasteiger partial charge in [0.2, 0.25) is 11.8 Å². The average Bonchev–Trinajstić information content (AvgIpc) is 2.27. The van der Waals surface area contributed by atoms with Crippen LogP contribution in [0.25, 0.3) is 0 Å². The molecule has 6 heteroatoms. The second-order valence-corrected chi connectivity index (χ2v) is 3.35. The predicted octanol–water partition coefficient (Wildman–Crippen LogP) is 0.213. The Bertz CT molecular complexity index is 333. The summed E-state index contributed by atoms with van der Waals surface area (Å²) in [6, 6.07) is 1.51. The van der Waals surface area contributed by atoms with E-state index in [-0.39, 0.29) is 12.6 Å². The maximum absolute atomic E-state index is 9.08. The third-order valence-electron chi connectivity index (χ3n) is 1.96. The number of ether oxygens (including phenoxy) is 2. The monoisotopic (exact) mass is 227 g/mol. The average molecular weight is 227 g/mol. The number of hydrogen-bond acceptors (Lipinski definition) is 6. The Kier molecular flexibility index (Phi) is 4.94. The molecule has 0 aliphatic rings. The van der Waals surface area contributed by atoms with Crippen molar-refractivity contribution in [2.45, 2.75) is 13.0 Å². The summed E-state index contributed by atoms with van der Waals surface area (Å²) < 4.78 is 9.97. The van der Waals surface area contributed by atoms with E-state index in [1.165, 1.54) is 0 Å². The number of hydrogen-bond donors (Lipinski definition) is 2. The van der Waals surface area contributed by atoms with E-state index in [9.17, 15) is 0 Å². The van der Waals surface area contributed by atoms with E-state index >= 15 is 0 Å². The molecule has 1 aromatic rings. The van der Waals surface area contributed by atoms with Crippen molar-refractivity contribution in [1.82, 2.24) is 9.97 Å². The van der Waals surface area contributed by atoms with Crippen molar-refractivity contribution < 1.29 is 14.6 Å². The van der Waals surface area contributed by atoms with Gasteiger partial charge in [0.25, 0.3) is 0 Å². The lowest BCUT2D eigenvalue weighted by Gasteiger charge is -2.15. The molecule has 0 saturated carbocycles. The van der Waals surface area contributed by atoms with Crippen molar-refractivity contribution in [3.63, 3.8) is 0 Å². The van der Waals surface area contributed by atoms with Gasteiger partial charge in [-0.25, -0.2) is 4.98 Å². The van der Waals surface area contributed by atoms with Gasteiger partial charge >= 0.3 is 0 Å². The summed E-state index contributed by atoms with van der Waals surface area (Å²) in [5.41, 5.74) is 0.795. The summed E-state index contributed by atoms with van der Waals surface area (Å²) in [6.45, 7) is 2.18. The highest BCUT2D eigenvalue weighted by Gasteiger charge is 2.09. The van der Waals surface area contributed by atoms with Gasteiger partial charge in [-0.15, -0.1) is 0 Å². The molecule has 1 rings (SSSR count). The number of aromatic nitrogens is 2. The van der Waals surface area contributed by atoms with Crippen LogP contribution < -0.4 is 10.1 Å². The van der Waals surface area contributed by atoms with Gasteiger partial charge in [0, 0.05) is 18.9 Å². The molecule has 0 radical (unpaired) electrons. The number of anilines is 1. The Hall–Kier alpha value is -1.40. The minimum atomic E-state index is -0.225. The van der Waals surface area contributed by atoms with E-state index < -0.39 is 0 Å². The summed E-state index contributed by atoms with van der Waals surface area (Å²) in [6.07, 6.45) is 0.